The van der Waals surface area contributed by atoms with Crippen LogP contribution in [-0.4, -0.2) is 37.6 Å². The van der Waals surface area contributed by atoms with Crippen LogP contribution in [0.4, 0.5) is 4.39 Å². The maximum Gasteiger partial charge on any atom is 0.123 e. The van der Waals surface area contributed by atoms with Crippen LogP contribution in [0.15, 0.2) is 30.5 Å². The largest absolute Gasteiger partial charge is 0.388 e. The monoisotopic (exact) mass is 346 g/mol. The van der Waals surface area contributed by atoms with E-state index in [1.165, 1.54) is 12.1 Å². The standard InChI is InChI=1S/C19H27FN4O/c1-19(2,3)24-13-16(21-22-24)12-23-10-4-5-17(23)11-18(25)14-6-8-15(20)9-7-14/h6-9,13,17-18,25H,4-5,10-12H2,1-3H3/t17-,18-/m1/s1. The Morgan fingerprint density at radius 1 is 1.28 bits per heavy atom. The highest BCUT2D eigenvalue weighted by Gasteiger charge is 2.28. The second-order valence-electron chi connectivity index (χ2n) is 7.89. The molecule has 5 nitrogen and oxygen atoms in total. The SMILES string of the molecule is CC(C)(C)n1cc(CN2CCC[C@@H]2C[C@@H](O)c2ccc(F)cc2)nn1. The molecule has 1 aromatic heterocycles. The van der Waals surface area contributed by atoms with Crippen molar-refractivity contribution < 1.29 is 9.50 Å². The van der Waals surface area contributed by atoms with E-state index in [0.717, 1.165) is 37.2 Å². The quantitative estimate of drug-likeness (QED) is 0.903. The van der Waals surface area contributed by atoms with Gasteiger partial charge in [-0.05, 0) is 64.3 Å². The minimum Gasteiger partial charge on any atom is -0.388 e. The zero-order chi connectivity index (χ0) is 18.0. The average Bonchev–Trinajstić information content (AvgIpc) is 3.18. The van der Waals surface area contributed by atoms with Crippen molar-refractivity contribution in [2.45, 2.75) is 64.3 Å². The van der Waals surface area contributed by atoms with Crippen LogP contribution in [0.2, 0.25) is 0 Å². The lowest BCUT2D eigenvalue weighted by Gasteiger charge is -2.25. The van der Waals surface area contributed by atoms with Gasteiger partial charge in [0.25, 0.3) is 0 Å². The number of nitrogens with zero attached hydrogens (tertiary/aromatic N) is 4. The Balaban J connectivity index is 1.62. The van der Waals surface area contributed by atoms with Crippen LogP contribution in [0.3, 0.4) is 0 Å². The molecule has 2 aromatic rings. The predicted molar refractivity (Wildman–Crippen MR) is 94.4 cm³/mol. The summed E-state index contributed by atoms with van der Waals surface area (Å²) < 4.78 is 14.9. The van der Waals surface area contributed by atoms with Gasteiger partial charge in [0, 0.05) is 12.6 Å². The minimum atomic E-state index is -0.573. The van der Waals surface area contributed by atoms with Crippen molar-refractivity contribution in [1.82, 2.24) is 19.9 Å². The third kappa shape index (κ3) is 4.44. The average molecular weight is 346 g/mol. The van der Waals surface area contributed by atoms with Gasteiger partial charge in [-0.3, -0.25) is 4.90 Å². The number of benzene rings is 1. The van der Waals surface area contributed by atoms with Gasteiger partial charge in [-0.15, -0.1) is 5.10 Å². The van der Waals surface area contributed by atoms with Gasteiger partial charge >= 0.3 is 0 Å². The van der Waals surface area contributed by atoms with Crippen molar-refractivity contribution >= 4 is 0 Å². The molecule has 1 N–H and O–H groups in total. The van der Waals surface area contributed by atoms with Gasteiger partial charge in [-0.1, -0.05) is 17.3 Å². The summed E-state index contributed by atoms with van der Waals surface area (Å²) in [5, 5.41) is 19.0. The number of halogens is 1. The molecule has 3 rings (SSSR count). The molecule has 2 heterocycles. The van der Waals surface area contributed by atoms with Crippen LogP contribution < -0.4 is 0 Å². The Kier molecular flexibility index (Phi) is 5.20. The summed E-state index contributed by atoms with van der Waals surface area (Å²) in [6.45, 7) is 8.05. The second kappa shape index (κ2) is 7.22. The zero-order valence-corrected chi connectivity index (χ0v) is 15.2. The molecule has 0 bridgehead atoms. The molecule has 0 spiro atoms. The smallest absolute Gasteiger partial charge is 0.123 e. The summed E-state index contributed by atoms with van der Waals surface area (Å²) in [6, 6.07) is 6.42. The Bertz CT molecular complexity index is 692. The lowest BCUT2D eigenvalue weighted by atomic mass is 10.0. The number of rotatable bonds is 5. The van der Waals surface area contributed by atoms with Crippen molar-refractivity contribution in [3.63, 3.8) is 0 Å². The van der Waals surface area contributed by atoms with Gasteiger partial charge in [-0.2, -0.15) is 0 Å². The summed E-state index contributed by atoms with van der Waals surface area (Å²) in [4.78, 5) is 2.36. The number of hydrogen-bond acceptors (Lipinski definition) is 4. The molecular weight excluding hydrogens is 319 g/mol. The van der Waals surface area contributed by atoms with E-state index in [4.69, 9.17) is 0 Å². The van der Waals surface area contributed by atoms with E-state index in [2.05, 4.69) is 36.0 Å². The Morgan fingerprint density at radius 3 is 2.64 bits per heavy atom. The first-order valence-corrected chi connectivity index (χ1v) is 8.92. The van der Waals surface area contributed by atoms with E-state index in [0.29, 0.717) is 12.5 Å². The first kappa shape index (κ1) is 18.0. The number of aliphatic hydroxyl groups excluding tert-OH is 1. The Labute approximate surface area is 148 Å². The highest BCUT2D eigenvalue weighted by atomic mass is 19.1. The van der Waals surface area contributed by atoms with Crippen LogP contribution in [0.1, 0.15) is 57.4 Å². The van der Waals surface area contributed by atoms with E-state index >= 15 is 0 Å². The van der Waals surface area contributed by atoms with Crippen LogP contribution in [0.5, 0.6) is 0 Å². The maximum absolute atomic E-state index is 13.0. The van der Waals surface area contributed by atoms with Crippen LogP contribution in [0.25, 0.3) is 0 Å². The molecule has 6 heteroatoms. The maximum atomic E-state index is 13.0. The molecule has 1 saturated heterocycles. The van der Waals surface area contributed by atoms with Crippen molar-refractivity contribution in [3.8, 4) is 0 Å². The minimum absolute atomic E-state index is 0.0750. The first-order chi connectivity index (χ1) is 11.8. The van der Waals surface area contributed by atoms with E-state index in [1.54, 1.807) is 12.1 Å². The fraction of sp³-hybridized carbons (Fsp3) is 0.579. The molecule has 0 unspecified atom stereocenters. The first-order valence-electron chi connectivity index (χ1n) is 8.92. The fourth-order valence-electron chi connectivity index (χ4n) is 3.36. The molecule has 0 aliphatic carbocycles. The molecule has 2 atom stereocenters. The molecule has 1 aromatic carbocycles. The van der Waals surface area contributed by atoms with Crippen LogP contribution >= 0.6 is 0 Å². The van der Waals surface area contributed by atoms with Crippen LogP contribution in [0, 0.1) is 5.82 Å². The summed E-state index contributed by atoms with van der Waals surface area (Å²) in [6.07, 6.45) is 4.27. The Hall–Kier alpha value is -1.79. The normalized spacial score (nSPS) is 20.1. The molecular formula is C19H27FN4O. The van der Waals surface area contributed by atoms with Gasteiger partial charge in [0.15, 0.2) is 0 Å². The van der Waals surface area contributed by atoms with Crippen molar-refractivity contribution in [2.75, 3.05) is 6.54 Å². The third-order valence-electron chi connectivity index (χ3n) is 4.84. The lowest BCUT2D eigenvalue weighted by molar-refractivity contribution is 0.117. The lowest BCUT2D eigenvalue weighted by Crippen LogP contribution is -2.30. The van der Waals surface area contributed by atoms with Gasteiger partial charge < -0.3 is 5.11 Å². The van der Waals surface area contributed by atoms with Gasteiger partial charge in [0.1, 0.15) is 5.82 Å². The molecule has 0 saturated carbocycles. The number of hydrogen-bond donors (Lipinski definition) is 1. The van der Waals surface area contributed by atoms with Crippen molar-refractivity contribution in [3.05, 3.63) is 47.5 Å². The van der Waals surface area contributed by atoms with Crippen LogP contribution in [-0.2, 0) is 12.1 Å². The fourth-order valence-corrected chi connectivity index (χ4v) is 3.36. The van der Waals surface area contributed by atoms with E-state index in [9.17, 15) is 9.50 Å². The molecule has 1 aliphatic heterocycles. The zero-order valence-electron chi connectivity index (χ0n) is 15.2. The highest BCUT2D eigenvalue weighted by molar-refractivity contribution is 5.18. The second-order valence-corrected chi connectivity index (χ2v) is 7.89. The summed E-state index contributed by atoms with van der Waals surface area (Å²) in [5.41, 5.74) is 1.65. The van der Waals surface area contributed by atoms with E-state index in [-0.39, 0.29) is 11.4 Å². The number of likely N-dealkylation sites (tertiary alicyclic amines) is 1. The topological polar surface area (TPSA) is 54.2 Å². The summed E-state index contributed by atoms with van der Waals surface area (Å²) in [7, 11) is 0. The highest BCUT2D eigenvalue weighted by Crippen LogP contribution is 2.28. The van der Waals surface area contributed by atoms with Crippen molar-refractivity contribution in [1.29, 1.82) is 0 Å². The summed E-state index contributed by atoms with van der Waals surface area (Å²) >= 11 is 0. The molecule has 25 heavy (non-hydrogen) atoms. The van der Waals surface area contributed by atoms with Gasteiger partial charge in [-0.25, -0.2) is 9.07 Å². The van der Waals surface area contributed by atoms with Crippen molar-refractivity contribution in [2.24, 2.45) is 0 Å². The molecule has 136 valence electrons. The summed E-state index contributed by atoms with van der Waals surface area (Å²) in [5.74, 6) is -0.277. The van der Waals surface area contributed by atoms with E-state index in [1.807, 2.05) is 10.9 Å². The Morgan fingerprint density at radius 2 is 2.00 bits per heavy atom. The number of aromatic nitrogens is 3. The molecule has 0 radical (unpaired) electrons. The number of aliphatic hydroxyl groups is 1. The molecule has 1 aliphatic rings. The van der Waals surface area contributed by atoms with Gasteiger partial charge in [0.2, 0.25) is 0 Å². The predicted octanol–water partition coefficient (Wildman–Crippen LogP) is 3.26. The van der Waals surface area contributed by atoms with Gasteiger partial charge in [0.05, 0.1) is 23.5 Å². The van der Waals surface area contributed by atoms with E-state index < -0.39 is 6.10 Å². The third-order valence-corrected chi connectivity index (χ3v) is 4.84. The molecule has 0 amide bonds. The molecule has 1 fully saturated rings.